The first-order valence-corrected chi connectivity index (χ1v) is 5.56. The summed E-state index contributed by atoms with van der Waals surface area (Å²) in [5.74, 6) is -1.13. The van der Waals surface area contributed by atoms with Gasteiger partial charge >= 0.3 is 5.97 Å². The highest BCUT2D eigenvalue weighted by molar-refractivity contribution is 9.10. The number of hydrogen-bond acceptors (Lipinski definition) is 4. The van der Waals surface area contributed by atoms with Crippen molar-refractivity contribution >= 4 is 21.9 Å². The number of carbonyl (C=O) groups excluding carboxylic acids is 1. The van der Waals surface area contributed by atoms with Crippen LogP contribution >= 0.6 is 15.9 Å². The number of carbonyl (C=O) groups is 1. The molecule has 17 heavy (non-hydrogen) atoms. The number of pyridine rings is 1. The molecule has 7 heteroatoms. The van der Waals surface area contributed by atoms with Gasteiger partial charge in [-0.2, -0.15) is 0 Å². The van der Waals surface area contributed by atoms with Crippen LogP contribution < -0.4 is 0 Å². The van der Waals surface area contributed by atoms with Gasteiger partial charge in [0.05, 0.1) is 24.8 Å². The van der Waals surface area contributed by atoms with Gasteiger partial charge in [0.25, 0.3) is 6.43 Å². The highest BCUT2D eigenvalue weighted by Gasteiger charge is 2.23. The molecular formula is C10H10BrF2NO3. The molecule has 0 aliphatic rings. The molecule has 4 nitrogen and oxygen atoms in total. The van der Waals surface area contributed by atoms with E-state index in [0.717, 1.165) is 6.20 Å². The fourth-order valence-corrected chi connectivity index (χ4v) is 1.81. The lowest BCUT2D eigenvalue weighted by Gasteiger charge is -2.11. The molecule has 0 fully saturated rings. The minimum Gasteiger partial charge on any atom is -0.506 e. The van der Waals surface area contributed by atoms with E-state index in [2.05, 4.69) is 25.7 Å². The van der Waals surface area contributed by atoms with Gasteiger partial charge in [-0.3, -0.25) is 4.79 Å². The topological polar surface area (TPSA) is 59.4 Å². The minimum absolute atomic E-state index is 0.0930. The van der Waals surface area contributed by atoms with Gasteiger partial charge in [0.15, 0.2) is 0 Å². The van der Waals surface area contributed by atoms with Crippen LogP contribution in [0.25, 0.3) is 0 Å². The van der Waals surface area contributed by atoms with Crippen LogP contribution in [-0.4, -0.2) is 22.7 Å². The van der Waals surface area contributed by atoms with Crippen molar-refractivity contribution in [3.8, 4) is 5.75 Å². The molecule has 0 aliphatic carbocycles. The maximum absolute atomic E-state index is 12.8. The number of alkyl halides is 2. The summed E-state index contributed by atoms with van der Waals surface area (Å²) in [5, 5.41) is 9.46. The van der Waals surface area contributed by atoms with E-state index in [1.807, 2.05) is 0 Å². The molecule has 0 atom stereocenters. The maximum atomic E-state index is 12.8. The lowest BCUT2D eigenvalue weighted by molar-refractivity contribution is -0.142. The highest BCUT2D eigenvalue weighted by atomic mass is 79.9. The Kier molecular flexibility index (Phi) is 4.80. The molecule has 0 aliphatic heterocycles. The Labute approximate surface area is 105 Å². The van der Waals surface area contributed by atoms with Crippen molar-refractivity contribution in [2.45, 2.75) is 19.8 Å². The second-order valence-electron chi connectivity index (χ2n) is 3.11. The summed E-state index contributed by atoms with van der Waals surface area (Å²) >= 11 is 2.86. The van der Waals surface area contributed by atoms with E-state index in [9.17, 15) is 18.7 Å². The summed E-state index contributed by atoms with van der Waals surface area (Å²) in [5.41, 5.74) is -0.654. The molecule has 0 amide bonds. The predicted octanol–water partition coefficient (Wildman–Crippen LogP) is 2.59. The molecule has 0 saturated heterocycles. The zero-order valence-electron chi connectivity index (χ0n) is 8.91. The number of nitrogens with zero attached hydrogens (tertiary/aromatic N) is 1. The second-order valence-corrected chi connectivity index (χ2v) is 3.86. The fourth-order valence-electron chi connectivity index (χ4n) is 1.29. The van der Waals surface area contributed by atoms with Crippen molar-refractivity contribution in [2.24, 2.45) is 0 Å². The average Bonchev–Trinajstić information content (AvgIpc) is 2.23. The predicted molar refractivity (Wildman–Crippen MR) is 58.9 cm³/mol. The van der Waals surface area contributed by atoms with Crippen molar-refractivity contribution < 1.29 is 23.4 Å². The Hall–Kier alpha value is -1.24. The maximum Gasteiger partial charge on any atom is 0.310 e. The first-order valence-electron chi connectivity index (χ1n) is 4.77. The molecule has 0 radical (unpaired) electrons. The van der Waals surface area contributed by atoms with E-state index in [-0.39, 0.29) is 16.8 Å². The number of aromatic hydroxyl groups is 1. The van der Waals surface area contributed by atoms with Gasteiger partial charge in [-0.25, -0.2) is 13.8 Å². The van der Waals surface area contributed by atoms with Crippen LogP contribution in [-0.2, 0) is 16.0 Å². The summed E-state index contributed by atoms with van der Waals surface area (Å²) in [6, 6.07) is 0. The van der Waals surface area contributed by atoms with Gasteiger partial charge in [0.2, 0.25) is 0 Å². The third kappa shape index (κ3) is 3.36. The summed E-state index contributed by atoms with van der Waals surface area (Å²) < 4.78 is 30.1. The molecule has 0 saturated carbocycles. The van der Waals surface area contributed by atoms with E-state index >= 15 is 0 Å². The van der Waals surface area contributed by atoms with Crippen molar-refractivity contribution in [3.63, 3.8) is 0 Å². The van der Waals surface area contributed by atoms with Gasteiger partial charge in [-0.15, -0.1) is 0 Å². The third-order valence-corrected chi connectivity index (χ3v) is 2.63. The smallest absolute Gasteiger partial charge is 0.310 e. The van der Waals surface area contributed by atoms with Crippen LogP contribution in [0.1, 0.15) is 24.5 Å². The second kappa shape index (κ2) is 5.90. The molecule has 0 aromatic carbocycles. The zero-order valence-corrected chi connectivity index (χ0v) is 10.5. The summed E-state index contributed by atoms with van der Waals surface area (Å²) in [6.45, 7) is 1.75. The van der Waals surface area contributed by atoms with E-state index in [0.29, 0.717) is 0 Å². The van der Waals surface area contributed by atoms with Crippen molar-refractivity contribution in [1.29, 1.82) is 0 Å². The van der Waals surface area contributed by atoms with E-state index < -0.39 is 30.1 Å². The molecule has 1 aromatic heterocycles. The largest absolute Gasteiger partial charge is 0.506 e. The molecule has 94 valence electrons. The van der Waals surface area contributed by atoms with Crippen LogP contribution in [0.5, 0.6) is 5.75 Å². The number of esters is 1. The van der Waals surface area contributed by atoms with E-state index in [4.69, 9.17) is 0 Å². The quantitative estimate of drug-likeness (QED) is 0.686. The Balaban J connectivity index is 3.12. The number of aromatic nitrogens is 1. The molecule has 1 heterocycles. The molecular weight excluding hydrogens is 300 g/mol. The third-order valence-electron chi connectivity index (χ3n) is 2.00. The van der Waals surface area contributed by atoms with Gasteiger partial charge in [0.1, 0.15) is 10.4 Å². The first-order chi connectivity index (χ1) is 7.97. The summed E-state index contributed by atoms with van der Waals surface area (Å²) in [4.78, 5) is 14.8. The monoisotopic (exact) mass is 309 g/mol. The molecule has 0 bridgehead atoms. The summed E-state index contributed by atoms with van der Waals surface area (Å²) in [6.07, 6.45) is -2.25. The molecule has 0 unspecified atom stereocenters. The SMILES string of the molecule is CCOC(=O)Cc1c(O)cnc(Br)c1C(F)F. The van der Waals surface area contributed by atoms with Crippen molar-refractivity contribution in [3.05, 3.63) is 21.9 Å². The lowest BCUT2D eigenvalue weighted by atomic mass is 10.1. The van der Waals surface area contributed by atoms with Gasteiger partial charge in [-0.1, -0.05) is 0 Å². The Morgan fingerprint density at radius 1 is 1.65 bits per heavy atom. The minimum atomic E-state index is -2.84. The van der Waals surface area contributed by atoms with Crippen LogP contribution in [0.15, 0.2) is 10.8 Å². The van der Waals surface area contributed by atoms with Crippen LogP contribution in [0.4, 0.5) is 8.78 Å². The number of hydrogen-bond donors (Lipinski definition) is 1. The molecule has 1 aromatic rings. The number of ether oxygens (including phenoxy) is 1. The van der Waals surface area contributed by atoms with Gasteiger partial charge in [0, 0.05) is 5.56 Å². The first kappa shape index (κ1) is 13.8. The van der Waals surface area contributed by atoms with Crippen molar-refractivity contribution in [1.82, 2.24) is 4.98 Å². The Morgan fingerprint density at radius 3 is 2.82 bits per heavy atom. The standard InChI is InChI=1S/C10H10BrF2NO3/c1-2-17-7(16)3-5-6(15)4-14-9(11)8(5)10(12)13/h4,10,15H,2-3H2,1H3. The summed E-state index contributed by atoms with van der Waals surface area (Å²) in [7, 11) is 0. The van der Waals surface area contributed by atoms with Crippen LogP contribution in [0.2, 0.25) is 0 Å². The average molecular weight is 310 g/mol. The lowest BCUT2D eigenvalue weighted by Crippen LogP contribution is -2.10. The number of rotatable bonds is 4. The van der Waals surface area contributed by atoms with E-state index in [1.54, 1.807) is 6.92 Å². The number of halogens is 3. The normalized spacial score (nSPS) is 10.6. The van der Waals surface area contributed by atoms with Crippen molar-refractivity contribution in [2.75, 3.05) is 6.61 Å². The van der Waals surface area contributed by atoms with Gasteiger partial charge < -0.3 is 9.84 Å². The highest BCUT2D eigenvalue weighted by Crippen LogP contribution is 2.34. The van der Waals surface area contributed by atoms with Crippen LogP contribution in [0.3, 0.4) is 0 Å². The zero-order chi connectivity index (χ0) is 13.0. The molecule has 0 spiro atoms. The van der Waals surface area contributed by atoms with Crippen LogP contribution in [0, 0.1) is 0 Å². The van der Waals surface area contributed by atoms with Gasteiger partial charge in [-0.05, 0) is 22.9 Å². The Bertz CT molecular complexity index is 426. The van der Waals surface area contributed by atoms with E-state index in [1.165, 1.54) is 0 Å². The fraction of sp³-hybridized carbons (Fsp3) is 0.400. The molecule has 1 rings (SSSR count). The Morgan fingerprint density at radius 2 is 2.29 bits per heavy atom. The molecule has 1 N–H and O–H groups in total.